The van der Waals surface area contributed by atoms with Gasteiger partial charge in [0.05, 0.1) is 0 Å². The average molecular weight is 481 g/mol. The van der Waals surface area contributed by atoms with Gasteiger partial charge in [0.2, 0.25) is 0 Å². The van der Waals surface area contributed by atoms with E-state index in [4.69, 9.17) is 0 Å². The topological polar surface area (TPSA) is 0 Å². The third kappa shape index (κ3) is 4.90. The van der Waals surface area contributed by atoms with Gasteiger partial charge in [0.1, 0.15) is 0 Å². The summed E-state index contributed by atoms with van der Waals surface area (Å²) in [5, 5.41) is 0. The summed E-state index contributed by atoms with van der Waals surface area (Å²) in [6, 6.07) is 17.9. The number of fused-ring (bicyclic) bond motifs is 2. The van der Waals surface area contributed by atoms with Gasteiger partial charge in [-0.15, -0.1) is 0 Å². The minimum absolute atomic E-state index is 0. The van der Waals surface area contributed by atoms with E-state index in [2.05, 4.69) is 83.8 Å². The second-order valence-corrected chi connectivity index (χ2v) is 11.4. The van der Waals surface area contributed by atoms with Gasteiger partial charge in [0.15, 0.2) is 0 Å². The average Bonchev–Trinajstić information content (AvgIpc) is 3.06. The number of hydrogen-bond acceptors (Lipinski definition) is 0. The molecule has 2 aliphatic carbocycles. The zero-order valence-corrected chi connectivity index (χ0v) is 21.3. The van der Waals surface area contributed by atoms with Crippen molar-refractivity contribution in [2.24, 2.45) is 0 Å². The molecule has 0 bridgehead atoms. The molecular formula is C22H26Cl2SiZr. The molecule has 26 heavy (non-hydrogen) atoms. The van der Waals surface area contributed by atoms with Crippen LogP contribution in [0.2, 0.25) is 9.26 Å². The smallest absolute Gasteiger partial charge is 1.00 e. The van der Waals surface area contributed by atoms with Crippen LogP contribution in [-0.2, 0) is 23.2 Å². The predicted octanol–water partition coefficient (Wildman–Crippen LogP) is -0.355. The molecule has 0 aliphatic heterocycles. The molecule has 2 aromatic carbocycles. The molecule has 2 aromatic rings. The van der Waals surface area contributed by atoms with Gasteiger partial charge < -0.3 is 24.8 Å². The normalized spacial score (nSPS) is 19.1. The van der Waals surface area contributed by atoms with E-state index in [9.17, 15) is 0 Å². The first-order valence-electron chi connectivity index (χ1n) is 8.78. The van der Waals surface area contributed by atoms with Crippen LogP contribution in [0.4, 0.5) is 0 Å². The fourth-order valence-electron chi connectivity index (χ4n) is 3.96. The van der Waals surface area contributed by atoms with Gasteiger partial charge in [-0.1, -0.05) is 71.8 Å². The van der Waals surface area contributed by atoms with Crippen molar-refractivity contribution in [3.05, 3.63) is 81.9 Å². The molecule has 2 unspecified atom stereocenters. The van der Waals surface area contributed by atoms with Crippen LogP contribution in [0.3, 0.4) is 0 Å². The second kappa shape index (κ2) is 10.8. The Hall–Kier alpha value is -0.400. The van der Waals surface area contributed by atoms with E-state index in [1.165, 1.54) is 11.1 Å². The first kappa shape index (κ1) is 23.6. The fraction of sp³-hybridized carbons (Fsp3) is 0.273. The molecule has 0 spiro atoms. The Morgan fingerprint density at radius 1 is 0.692 bits per heavy atom. The van der Waals surface area contributed by atoms with Crippen molar-refractivity contribution in [1.29, 1.82) is 0 Å². The van der Waals surface area contributed by atoms with Gasteiger partial charge in [-0.05, 0) is 47.2 Å². The van der Waals surface area contributed by atoms with Crippen molar-refractivity contribution in [3.63, 3.8) is 0 Å². The summed E-state index contributed by atoms with van der Waals surface area (Å²) in [4.78, 5) is 0. The Morgan fingerprint density at radius 2 is 1.04 bits per heavy atom. The molecule has 0 fully saturated rings. The molecular weight excluding hydrogens is 454 g/mol. The van der Waals surface area contributed by atoms with E-state index in [0.29, 0.717) is 11.1 Å². The van der Waals surface area contributed by atoms with Crippen LogP contribution in [0.15, 0.2) is 59.7 Å². The van der Waals surface area contributed by atoms with E-state index < -0.39 is 0 Å². The van der Waals surface area contributed by atoms with Crippen LogP contribution in [-0.4, -0.2) is 9.52 Å². The van der Waals surface area contributed by atoms with Gasteiger partial charge in [0, 0.05) is 9.52 Å². The summed E-state index contributed by atoms with van der Waals surface area (Å²) < 4.78 is 4.59. The maximum atomic E-state index is 2.40. The fourth-order valence-corrected chi connectivity index (χ4v) is 6.67. The van der Waals surface area contributed by atoms with Crippen LogP contribution in [0, 0.1) is 0 Å². The quantitative estimate of drug-likeness (QED) is 0.516. The molecule has 0 radical (unpaired) electrons. The number of allylic oxidation sites excluding steroid dienone is 2. The van der Waals surface area contributed by atoms with Gasteiger partial charge in [-0.3, -0.25) is 0 Å². The molecule has 0 N–H and O–H groups in total. The minimum atomic E-state index is -0.285. The van der Waals surface area contributed by atoms with E-state index in [0.717, 1.165) is 0 Å². The largest absolute Gasteiger partial charge is 1.00 e. The first-order valence-corrected chi connectivity index (χ1v) is 15.3. The van der Waals surface area contributed by atoms with Crippen LogP contribution < -0.4 is 24.8 Å². The molecule has 0 nitrogen and oxygen atoms in total. The maximum Gasteiger partial charge on any atom is -1.00 e. The second-order valence-electron chi connectivity index (χ2n) is 6.88. The molecule has 0 amide bonds. The van der Waals surface area contributed by atoms with E-state index in [1.807, 2.05) is 0 Å². The van der Waals surface area contributed by atoms with Crippen LogP contribution in [0.5, 0.6) is 0 Å². The summed E-state index contributed by atoms with van der Waals surface area (Å²) in [6.07, 6.45) is 4.79. The molecule has 0 heterocycles. The first-order chi connectivity index (χ1) is 11.7. The number of hydrogen-bond donors (Lipinski definition) is 0. The zero-order valence-electron chi connectivity index (χ0n) is 15.9. The van der Waals surface area contributed by atoms with Gasteiger partial charge in [-0.25, -0.2) is 0 Å². The minimum Gasteiger partial charge on any atom is -1.00 e. The monoisotopic (exact) mass is 478 g/mol. The Morgan fingerprint density at radius 3 is 1.42 bits per heavy atom. The summed E-state index contributed by atoms with van der Waals surface area (Å²) in [6.45, 7) is 4.63. The number of rotatable bonds is 2. The molecule has 136 valence electrons. The Labute approximate surface area is 184 Å². The standard InChI is InChI=1S/C20H20Si.2CH3.2ClH.Zr/c1-13-11-15-7-3-5-9-17(15)19(13)21-20-14(2)12-16-8-4-6-10-18(16)20;;;;;/h3-12,19-20H,21H2,1-2H3;2*1H3;2*1H;/q;;;;;+2/p-2. The van der Waals surface area contributed by atoms with Crippen LogP contribution in [0.1, 0.15) is 47.2 Å². The SMILES string of the molecule is CC1=Cc2ccccc2C1[SiH2]C1C(C)=Cc2ccccc21.[CH3][Zr+2][CH3].[Cl-].[Cl-]. The molecule has 0 saturated heterocycles. The van der Waals surface area contributed by atoms with E-state index in [1.54, 1.807) is 22.3 Å². The maximum absolute atomic E-state index is 2.40. The number of halogens is 2. The van der Waals surface area contributed by atoms with Crippen molar-refractivity contribution in [2.75, 3.05) is 0 Å². The molecule has 4 rings (SSSR count). The van der Waals surface area contributed by atoms with Crippen LogP contribution in [0.25, 0.3) is 12.2 Å². The summed E-state index contributed by atoms with van der Waals surface area (Å²) in [5.41, 5.74) is 10.6. The summed E-state index contributed by atoms with van der Waals surface area (Å²) >= 11 is 0.230. The van der Waals surface area contributed by atoms with Crippen molar-refractivity contribution in [3.8, 4) is 0 Å². The third-order valence-electron chi connectivity index (χ3n) is 5.08. The molecule has 0 aromatic heterocycles. The van der Waals surface area contributed by atoms with Crippen molar-refractivity contribution in [1.82, 2.24) is 0 Å². The Bertz CT molecular complexity index is 733. The molecule has 0 saturated carbocycles. The molecule has 2 atom stereocenters. The van der Waals surface area contributed by atoms with Crippen LogP contribution >= 0.6 is 0 Å². The molecule has 2 aliphatic rings. The van der Waals surface area contributed by atoms with Crippen molar-refractivity contribution in [2.45, 2.75) is 34.2 Å². The zero-order chi connectivity index (χ0) is 17.1. The van der Waals surface area contributed by atoms with Gasteiger partial charge in [-0.2, -0.15) is 0 Å². The Balaban J connectivity index is 0.000000635. The van der Waals surface area contributed by atoms with Crippen molar-refractivity contribution >= 4 is 21.7 Å². The number of benzene rings is 2. The van der Waals surface area contributed by atoms with Gasteiger partial charge in [0.25, 0.3) is 0 Å². The third-order valence-corrected chi connectivity index (χ3v) is 8.19. The van der Waals surface area contributed by atoms with Gasteiger partial charge >= 0.3 is 32.5 Å². The molecule has 4 heteroatoms. The van der Waals surface area contributed by atoms with E-state index >= 15 is 0 Å². The summed E-state index contributed by atoms with van der Waals surface area (Å²) in [5.74, 6) is 0. The Kier molecular flexibility index (Phi) is 9.83. The predicted molar refractivity (Wildman–Crippen MR) is 106 cm³/mol. The summed E-state index contributed by atoms with van der Waals surface area (Å²) in [7, 11) is -0.285. The van der Waals surface area contributed by atoms with E-state index in [-0.39, 0.29) is 57.6 Å². The van der Waals surface area contributed by atoms with Crippen molar-refractivity contribution < 1.29 is 48.0 Å².